The number of hydrogen-bond acceptors (Lipinski definition) is 3. The maximum atomic E-state index is 6.12. The summed E-state index contributed by atoms with van der Waals surface area (Å²) in [5.74, 6) is 1.43. The molecule has 4 heteroatoms. The van der Waals surface area contributed by atoms with Crippen LogP contribution in [-0.2, 0) is 5.54 Å². The van der Waals surface area contributed by atoms with Gasteiger partial charge in [-0.2, -0.15) is 0 Å². The summed E-state index contributed by atoms with van der Waals surface area (Å²) in [6.45, 7) is 5.92. The lowest BCUT2D eigenvalue weighted by Gasteiger charge is -2.25. The van der Waals surface area contributed by atoms with E-state index in [1.165, 1.54) is 0 Å². The first-order chi connectivity index (χ1) is 7.32. The highest BCUT2D eigenvalue weighted by Gasteiger charge is 2.23. The Kier molecular flexibility index (Phi) is 3.86. The molecular weight excluding hydrogens is 270 g/mol. The van der Waals surface area contributed by atoms with Gasteiger partial charge in [0.05, 0.1) is 18.7 Å². The highest BCUT2D eigenvalue weighted by atomic mass is 79.9. The van der Waals surface area contributed by atoms with Gasteiger partial charge < -0.3 is 15.2 Å². The van der Waals surface area contributed by atoms with Gasteiger partial charge in [0.2, 0.25) is 0 Å². The first-order valence-electron chi connectivity index (χ1n) is 5.03. The van der Waals surface area contributed by atoms with Crippen LogP contribution < -0.4 is 15.2 Å². The highest BCUT2D eigenvalue weighted by Crippen LogP contribution is 2.42. The van der Waals surface area contributed by atoms with Gasteiger partial charge in [-0.3, -0.25) is 0 Å². The average Bonchev–Trinajstić information content (AvgIpc) is 2.18. The van der Waals surface area contributed by atoms with Crippen molar-refractivity contribution in [3.8, 4) is 11.5 Å². The molecule has 0 saturated carbocycles. The zero-order chi connectivity index (χ0) is 12.5. The normalized spacial score (nSPS) is 11.4. The van der Waals surface area contributed by atoms with E-state index in [0.717, 1.165) is 21.3 Å². The number of methoxy groups -OCH3 is 2. The van der Waals surface area contributed by atoms with E-state index >= 15 is 0 Å². The number of halogens is 1. The third kappa shape index (κ3) is 2.33. The first-order valence-corrected chi connectivity index (χ1v) is 5.82. The van der Waals surface area contributed by atoms with Crippen molar-refractivity contribution in [1.82, 2.24) is 0 Å². The fourth-order valence-electron chi connectivity index (χ4n) is 1.81. The van der Waals surface area contributed by atoms with Gasteiger partial charge in [-0.1, -0.05) is 0 Å². The van der Waals surface area contributed by atoms with E-state index in [0.29, 0.717) is 5.75 Å². The molecule has 0 aliphatic heterocycles. The van der Waals surface area contributed by atoms with Crippen molar-refractivity contribution >= 4 is 15.9 Å². The van der Waals surface area contributed by atoms with Crippen LogP contribution in [0, 0.1) is 6.92 Å². The second-order valence-corrected chi connectivity index (χ2v) is 5.17. The molecule has 1 aromatic rings. The van der Waals surface area contributed by atoms with E-state index in [-0.39, 0.29) is 0 Å². The fourth-order valence-corrected chi connectivity index (χ4v) is 2.38. The lowest BCUT2D eigenvalue weighted by molar-refractivity contribution is 0.349. The number of benzene rings is 1. The molecule has 0 aliphatic carbocycles. The van der Waals surface area contributed by atoms with Gasteiger partial charge in [0.1, 0.15) is 0 Å². The summed E-state index contributed by atoms with van der Waals surface area (Å²) in [7, 11) is 3.25. The Labute approximate surface area is 105 Å². The minimum Gasteiger partial charge on any atom is -0.493 e. The molecule has 1 rings (SSSR count). The standard InChI is InChI=1S/C12H18BrNO2/c1-7-8(12(2,3)14)6-9(13)11(16-5)10(7)15-4/h6H,14H2,1-5H3. The summed E-state index contributed by atoms with van der Waals surface area (Å²) in [5, 5.41) is 0. The molecule has 3 nitrogen and oxygen atoms in total. The third-order valence-electron chi connectivity index (χ3n) is 2.54. The molecule has 0 atom stereocenters. The Hall–Kier alpha value is -0.740. The van der Waals surface area contributed by atoms with Crippen LogP contribution in [-0.4, -0.2) is 14.2 Å². The third-order valence-corrected chi connectivity index (χ3v) is 3.13. The molecule has 90 valence electrons. The van der Waals surface area contributed by atoms with Crippen molar-refractivity contribution in [2.45, 2.75) is 26.3 Å². The van der Waals surface area contributed by atoms with E-state index < -0.39 is 5.54 Å². The molecule has 0 bridgehead atoms. The second kappa shape index (κ2) is 4.63. The molecule has 0 saturated heterocycles. The molecule has 0 aliphatic rings. The molecule has 0 radical (unpaired) electrons. The summed E-state index contributed by atoms with van der Waals surface area (Å²) in [6, 6.07) is 1.98. The van der Waals surface area contributed by atoms with Crippen molar-refractivity contribution in [1.29, 1.82) is 0 Å². The van der Waals surface area contributed by atoms with Crippen LogP contribution in [0.2, 0.25) is 0 Å². The summed E-state index contributed by atoms with van der Waals surface area (Å²) in [5.41, 5.74) is 7.76. The van der Waals surface area contributed by atoms with Gasteiger partial charge in [0, 0.05) is 5.54 Å². The van der Waals surface area contributed by atoms with Crippen molar-refractivity contribution in [3.05, 3.63) is 21.7 Å². The Morgan fingerprint density at radius 2 is 1.69 bits per heavy atom. The fraction of sp³-hybridized carbons (Fsp3) is 0.500. The number of hydrogen-bond donors (Lipinski definition) is 1. The maximum absolute atomic E-state index is 6.12. The van der Waals surface area contributed by atoms with E-state index in [1.54, 1.807) is 14.2 Å². The molecule has 0 spiro atoms. The minimum absolute atomic E-state index is 0.411. The van der Waals surface area contributed by atoms with Gasteiger partial charge in [-0.15, -0.1) is 0 Å². The largest absolute Gasteiger partial charge is 0.493 e. The second-order valence-electron chi connectivity index (χ2n) is 4.32. The zero-order valence-electron chi connectivity index (χ0n) is 10.3. The monoisotopic (exact) mass is 287 g/mol. The topological polar surface area (TPSA) is 44.5 Å². The summed E-state index contributed by atoms with van der Waals surface area (Å²) in [4.78, 5) is 0. The van der Waals surface area contributed by atoms with Crippen LogP contribution in [0.3, 0.4) is 0 Å². The number of rotatable bonds is 3. The van der Waals surface area contributed by atoms with Crippen LogP contribution in [0.5, 0.6) is 11.5 Å². The lowest BCUT2D eigenvalue weighted by Crippen LogP contribution is -2.29. The molecule has 2 N–H and O–H groups in total. The molecule has 0 amide bonds. The SMILES string of the molecule is COc1c(Br)cc(C(C)(C)N)c(C)c1OC. The zero-order valence-corrected chi connectivity index (χ0v) is 11.9. The highest BCUT2D eigenvalue weighted by molar-refractivity contribution is 9.10. The molecule has 0 aromatic heterocycles. The van der Waals surface area contributed by atoms with Crippen molar-refractivity contribution < 1.29 is 9.47 Å². The van der Waals surface area contributed by atoms with Crippen LogP contribution in [0.25, 0.3) is 0 Å². The number of ether oxygens (including phenoxy) is 2. The molecule has 16 heavy (non-hydrogen) atoms. The van der Waals surface area contributed by atoms with Gasteiger partial charge in [0.15, 0.2) is 11.5 Å². The summed E-state index contributed by atoms with van der Waals surface area (Å²) >= 11 is 3.47. The lowest BCUT2D eigenvalue weighted by atomic mass is 9.91. The van der Waals surface area contributed by atoms with Crippen molar-refractivity contribution in [3.63, 3.8) is 0 Å². The molecule has 1 aromatic carbocycles. The molecule has 0 unspecified atom stereocenters. The van der Waals surface area contributed by atoms with Crippen LogP contribution in [0.1, 0.15) is 25.0 Å². The van der Waals surface area contributed by atoms with Gasteiger partial charge >= 0.3 is 0 Å². The summed E-state index contributed by atoms with van der Waals surface area (Å²) in [6.07, 6.45) is 0. The van der Waals surface area contributed by atoms with Gasteiger partial charge in [-0.05, 0) is 53.9 Å². The average molecular weight is 288 g/mol. The summed E-state index contributed by atoms with van der Waals surface area (Å²) < 4.78 is 11.5. The Balaban J connectivity index is 3.53. The van der Waals surface area contributed by atoms with E-state index in [1.807, 2.05) is 26.8 Å². The smallest absolute Gasteiger partial charge is 0.175 e. The Morgan fingerprint density at radius 3 is 2.06 bits per heavy atom. The van der Waals surface area contributed by atoms with Crippen molar-refractivity contribution in [2.24, 2.45) is 5.73 Å². The van der Waals surface area contributed by atoms with Gasteiger partial charge in [0.25, 0.3) is 0 Å². The predicted octanol–water partition coefficient (Wildman–Crippen LogP) is 2.97. The predicted molar refractivity (Wildman–Crippen MR) is 69.2 cm³/mol. The molecule has 0 heterocycles. The molecular formula is C12H18BrNO2. The first kappa shape index (κ1) is 13.3. The van der Waals surface area contributed by atoms with Crippen LogP contribution in [0.15, 0.2) is 10.5 Å². The Bertz CT molecular complexity index is 397. The van der Waals surface area contributed by atoms with E-state index in [2.05, 4.69) is 15.9 Å². The van der Waals surface area contributed by atoms with E-state index in [4.69, 9.17) is 15.2 Å². The minimum atomic E-state index is -0.411. The Morgan fingerprint density at radius 1 is 1.19 bits per heavy atom. The van der Waals surface area contributed by atoms with Crippen LogP contribution in [0.4, 0.5) is 0 Å². The maximum Gasteiger partial charge on any atom is 0.175 e. The van der Waals surface area contributed by atoms with Crippen molar-refractivity contribution in [2.75, 3.05) is 14.2 Å². The van der Waals surface area contributed by atoms with Gasteiger partial charge in [-0.25, -0.2) is 0 Å². The van der Waals surface area contributed by atoms with E-state index in [9.17, 15) is 0 Å². The van der Waals surface area contributed by atoms with Crippen LogP contribution >= 0.6 is 15.9 Å². The number of nitrogens with two attached hydrogens (primary N) is 1. The quantitative estimate of drug-likeness (QED) is 0.930. The molecule has 0 fully saturated rings.